The number of amides is 1. The van der Waals surface area contributed by atoms with E-state index >= 15 is 0 Å². The third-order valence-electron chi connectivity index (χ3n) is 3.12. The Morgan fingerprint density at radius 3 is 2.57 bits per heavy atom. The highest BCUT2D eigenvalue weighted by molar-refractivity contribution is 6.02. The zero-order valence-electron chi connectivity index (χ0n) is 12.3. The van der Waals surface area contributed by atoms with Crippen molar-refractivity contribution < 1.29 is 23.4 Å². The molecular formula is C17H15F2NO3. The highest BCUT2D eigenvalue weighted by Crippen LogP contribution is 2.22. The molecular weight excluding hydrogens is 304 g/mol. The van der Waals surface area contributed by atoms with E-state index < -0.39 is 17.5 Å². The van der Waals surface area contributed by atoms with Gasteiger partial charge in [0.1, 0.15) is 17.4 Å². The molecule has 2 N–H and O–H groups in total. The first-order valence-electron chi connectivity index (χ1n) is 6.76. The van der Waals surface area contributed by atoms with Gasteiger partial charge in [0.15, 0.2) is 0 Å². The fourth-order valence-electron chi connectivity index (χ4n) is 1.99. The quantitative estimate of drug-likeness (QED) is 0.833. The first-order chi connectivity index (χ1) is 11.0. The number of anilines is 1. The molecule has 0 fully saturated rings. The average Bonchev–Trinajstić information content (AvgIpc) is 2.54. The van der Waals surface area contributed by atoms with Crippen LogP contribution in [-0.4, -0.2) is 18.1 Å². The standard InChI is InChI=1S/C17H15F2NO3/c1-23-16-7-5-12(9-11(16)10-21)20-17(22)8-6-13-14(18)3-2-4-15(13)19/h2-9,21H,10H2,1H3,(H,20,22)/b8-6+. The second-order valence-corrected chi connectivity index (χ2v) is 4.64. The van der Waals surface area contributed by atoms with Crippen molar-refractivity contribution in [3.05, 3.63) is 65.2 Å². The third kappa shape index (κ3) is 4.14. The molecule has 0 saturated heterocycles. The minimum Gasteiger partial charge on any atom is -0.496 e. The molecule has 0 aliphatic heterocycles. The highest BCUT2D eigenvalue weighted by Gasteiger charge is 2.07. The van der Waals surface area contributed by atoms with E-state index in [1.54, 1.807) is 18.2 Å². The summed E-state index contributed by atoms with van der Waals surface area (Å²) >= 11 is 0. The molecule has 0 aromatic heterocycles. The SMILES string of the molecule is COc1ccc(NC(=O)/C=C/c2c(F)cccc2F)cc1CO. The summed E-state index contributed by atoms with van der Waals surface area (Å²) < 4.78 is 31.9. The molecule has 1 amide bonds. The number of hydrogen-bond acceptors (Lipinski definition) is 3. The van der Waals surface area contributed by atoms with Gasteiger partial charge in [0.05, 0.1) is 13.7 Å². The molecule has 0 aliphatic rings. The Kier molecular flexibility index (Phi) is 5.43. The van der Waals surface area contributed by atoms with E-state index in [-0.39, 0.29) is 12.2 Å². The number of hydrogen-bond donors (Lipinski definition) is 2. The zero-order valence-corrected chi connectivity index (χ0v) is 12.3. The first-order valence-corrected chi connectivity index (χ1v) is 6.76. The Balaban J connectivity index is 2.12. The zero-order chi connectivity index (χ0) is 16.8. The van der Waals surface area contributed by atoms with Crippen LogP contribution in [0.15, 0.2) is 42.5 Å². The minimum atomic E-state index is -0.749. The summed E-state index contributed by atoms with van der Waals surface area (Å²) in [7, 11) is 1.47. The van der Waals surface area contributed by atoms with Crippen LogP contribution in [0, 0.1) is 11.6 Å². The molecule has 0 bridgehead atoms. The molecule has 4 nitrogen and oxygen atoms in total. The van der Waals surface area contributed by atoms with Gasteiger partial charge in [-0.1, -0.05) is 6.07 Å². The molecule has 0 radical (unpaired) electrons. The summed E-state index contributed by atoms with van der Waals surface area (Å²) in [6.45, 7) is -0.247. The van der Waals surface area contributed by atoms with Crippen LogP contribution in [0.25, 0.3) is 6.08 Å². The van der Waals surface area contributed by atoms with Gasteiger partial charge in [0.25, 0.3) is 0 Å². The monoisotopic (exact) mass is 319 g/mol. The van der Waals surface area contributed by atoms with Crippen molar-refractivity contribution in [1.29, 1.82) is 0 Å². The first kappa shape index (κ1) is 16.6. The Bertz CT molecular complexity index is 724. The molecule has 2 aromatic rings. The predicted octanol–water partition coefficient (Wildman–Crippen LogP) is 3.12. The molecule has 0 saturated carbocycles. The maximum Gasteiger partial charge on any atom is 0.248 e. The summed E-state index contributed by atoms with van der Waals surface area (Å²) in [6, 6.07) is 8.20. The molecule has 6 heteroatoms. The normalized spacial score (nSPS) is 10.8. The van der Waals surface area contributed by atoms with E-state index in [0.29, 0.717) is 17.0 Å². The number of halogens is 2. The van der Waals surface area contributed by atoms with Crippen molar-refractivity contribution in [1.82, 2.24) is 0 Å². The van der Waals surface area contributed by atoms with Crippen molar-refractivity contribution in [2.24, 2.45) is 0 Å². The van der Waals surface area contributed by atoms with Gasteiger partial charge >= 0.3 is 0 Å². The van der Waals surface area contributed by atoms with Crippen molar-refractivity contribution >= 4 is 17.7 Å². The van der Waals surface area contributed by atoms with Gasteiger partial charge in [-0.15, -0.1) is 0 Å². The van der Waals surface area contributed by atoms with E-state index in [4.69, 9.17) is 4.74 Å². The van der Waals surface area contributed by atoms with Crippen LogP contribution in [0.3, 0.4) is 0 Å². The Labute approximate surface area is 132 Å². The van der Waals surface area contributed by atoms with E-state index in [2.05, 4.69) is 5.32 Å². The van der Waals surface area contributed by atoms with Crippen molar-refractivity contribution in [3.8, 4) is 5.75 Å². The Morgan fingerprint density at radius 2 is 1.96 bits per heavy atom. The highest BCUT2D eigenvalue weighted by atomic mass is 19.1. The number of carbonyl (C=O) groups is 1. The molecule has 23 heavy (non-hydrogen) atoms. The van der Waals surface area contributed by atoms with Gasteiger partial charge in [0.2, 0.25) is 5.91 Å². The van der Waals surface area contributed by atoms with Crippen molar-refractivity contribution in [2.45, 2.75) is 6.61 Å². The molecule has 2 rings (SSSR count). The van der Waals surface area contributed by atoms with Crippen LogP contribution in [0.4, 0.5) is 14.5 Å². The van der Waals surface area contributed by atoms with Crippen molar-refractivity contribution in [2.75, 3.05) is 12.4 Å². The number of benzene rings is 2. The van der Waals surface area contributed by atoms with E-state index in [9.17, 15) is 18.7 Å². The van der Waals surface area contributed by atoms with Crippen LogP contribution < -0.4 is 10.1 Å². The number of carbonyl (C=O) groups excluding carboxylic acids is 1. The molecule has 0 aliphatic carbocycles. The lowest BCUT2D eigenvalue weighted by Gasteiger charge is -2.09. The Hall–Kier alpha value is -2.73. The summed E-state index contributed by atoms with van der Waals surface area (Å²) in [6.07, 6.45) is 2.10. The molecule has 0 atom stereocenters. The average molecular weight is 319 g/mol. The molecule has 0 spiro atoms. The van der Waals surface area contributed by atoms with Gasteiger partial charge in [0, 0.05) is 22.9 Å². The van der Waals surface area contributed by atoms with Crippen LogP contribution in [0.5, 0.6) is 5.75 Å². The van der Waals surface area contributed by atoms with Crippen LogP contribution in [0.1, 0.15) is 11.1 Å². The predicted molar refractivity (Wildman–Crippen MR) is 82.9 cm³/mol. The lowest BCUT2D eigenvalue weighted by Crippen LogP contribution is -2.08. The summed E-state index contributed by atoms with van der Waals surface area (Å²) in [4.78, 5) is 11.8. The summed E-state index contributed by atoms with van der Waals surface area (Å²) in [5.74, 6) is -1.56. The maximum atomic E-state index is 13.4. The molecule has 0 heterocycles. The van der Waals surface area contributed by atoms with Gasteiger partial charge in [-0.3, -0.25) is 4.79 Å². The van der Waals surface area contributed by atoms with E-state index in [0.717, 1.165) is 24.3 Å². The lowest BCUT2D eigenvalue weighted by atomic mass is 10.1. The number of aliphatic hydroxyl groups excluding tert-OH is 1. The van der Waals surface area contributed by atoms with Crippen LogP contribution in [-0.2, 0) is 11.4 Å². The summed E-state index contributed by atoms with van der Waals surface area (Å²) in [5.41, 5.74) is 0.654. The second kappa shape index (κ2) is 7.51. The smallest absolute Gasteiger partial charge is 0.248 e. The van der Waals surface area contributed by atoms with E-state index in [1.165, 1.54) is 13.2 Å². The molecule has 2 aromatic carbocycles. The molecule has 0 unspecified atom stereocenters. The van der Waals surface area contributed by atoms with Gasteiger partial charge in [-0.2, -0.15) is 0 Å². The van der Waals surface area contributed by atoms with Crippen molar-refractivity contribution in [3.63, 3.8) is 0 Å². The second-order valence-electron chi connectivity index (χ2n) is 4.64. The van der Waals surface area contributed by atoms with Crippen LogP contribution >= 0.6 is 0 Å². The van der Waals surface area contributed by atoms with Gasteiger partial charge in [-0.05, 0) is 36.4 Å². The fourth-order valence-corrected chi connectivity index (χ4v) is 1.99. The lowest BCUT2D eigenvalue weighted by molar-refractivity contribution is -0.111. The maximum absolute atomic E-state index is 13.4. The van der Waals surface area contributed by atoms with Crippen LogP contribution in [0.2, 0.25) is 0 Å². The van der Waals surface area contributed by atoms with Gasteiger partial charge in [-0.25, -0.2) is 8.78 Å². The third-order valence-corrected chi connectivity index (χ3v) is 3.12. The topological polar surface area (TPSA) is 58.6 Å². The number of ether oxygens (including phenoxy) is 1. The number of nitrogens with one attached hydrogen (secondary N) is 1. The fraction of sp³-hybridized carbons (Fsp3) is 0.118. The molecule has 120 valence electrons. The summed E-state index contributed by atoms with van der Waals surface area (Å²) in [5, 5.41) is 11.8. The number of rotatable bonds is 5. The minimum absolute atomic E-state index is 0.247. The van der Waals surface area contributed by atoms with E-state index in [1.807, 2.05) is 0 Å². The number of methoxy groups -OCH3 is 1. The number of aliphatic hydroxyl groups is 1. The Morgan fingerprint density at radius 1 is 1.26 bits per heavy atom. The largest absolute Gasteiger partial charge is 0.496 e. The van der Waals surface area contributed by atoms with Gasteiger partial charge < -0.3 is 15.2 Å².